The molecule has 28 heavy (non-hydrogen) atoms. The minimum atomic E-state index is -0.198. The molecule has 1 amide bonds. The van der Waals surface area contributed by atoms with E-state index in [9.17, 15) is 4.79 Å². The largest absolute Gasteiger partial charge is 0.322 e. The number of fused-ring (bicyclic) bond motifs is 2. The second-order valence-corrected chi connectivity index (χ2v) is 6.50. The van der Waals surface area contributed by atoms with E-state index in [1.165, 1.54) is 0 Å². The van der Waals surface area contributed by atoms with Crippen LogP contribution in [0.15, 0.2) is 54.9 Å². The number of amides is 1. The molecule has 136 valence electrons. The maximum Gasteiger partial charge on any atom is 0.256 e. The molecule has 8 heteroatoms. The molecular weight excluding hydrogens is 354 g/mol. The second-order valence-electron chi connectivity index (χ2n) is 6.50. The lowest BCUT2D eigenvalue weighted by atomic mass is 10.1. The Kier molecular flexibility index (Phi) is 3.61. The number of carbonyl (C=O) groups is 1. The van der Waals surface area contributed by atoms with Crippen LogP contribution >= 0.6 is 0 Å². The quantitative estimate of drug-likeness (QED) is 0.451. The summed E-state index contributed by atoms with van der Waals surface area (Å²) in [5.41, 5.74) is 6.13. The van der Waals surface area contributed by atoms with E-state index >= 15 is 0 Å². The lowest BCUT2D eigenvalue weighted by molar-refractivity contribution is 0.102. The summed E-state index contributed by atoms with van der Waals surface area (Å²) in [6.45, 7) is 1.88. The van der Waals surface area contributed by atoms with Crippen LogP contribution in [0.5, 0.6) is 0 Å². The molecule has 0 radical (unpaired) electrons. The molecule has 0 aliphatic carbocycles. The van der Waals surface area contributed by atoms with Gasteiger partial charge in [-0.2, -0.15) is 20.5 Å². The molecule has 0 atom stereocenters. The minimum Gasteiger partial charge on any atom is -0.322 e. The average Bonchev–Trinajstić information content (AvgIpc) is 3.34. The van der Waals surface area contributed by atoms with Gasteiger partial charge in [-0.15, -0.1) is 0 Å². The lowest BCUT2D eigenvalue weighted by Gasteiger charge is -2.08. The SMILES string of the molecule is Cc1cc2n[nH]nc2cc1C(=O)Nc1ccc2[nH]nc(-c3ccncc3)c2c1. The van der Waals surface area contributed by atoms with Gasteiger partial charge in [-0.05, 0) is 55.0 Å². The maximum absolute atomic E-state index is 12.8. The smallest absolute Gasteiger partial charge is 0.256 e. The van der Waals surface area contributed by atoms with E-state index in [2.05, 4.69) is 35.9 Å². The summed E-state index contributed by atoms with van der Waals surface area (Å²) in [6, 6.07) is 13.0. The number of anilines is 1. The normalized spacial score (nSPS) is 11.2. The van der Waals surface area contributed by atoms with E-state index in [0.29, 0.717) is 16.8 Å². The number of nitrogens with one attached hydrogen (secondary N) is 3. The van der Waals surface area contributed by atoms with E-state index in [1.54, 1.807) is 18.5 Å². The second kappa shape index (κ2) is 6.27. The van der Waals surface area contributed by atoms with Crippen LogP contribution in [0.1, 0.15) is 15.9 Å². The Labute approximate surface area is 159 Å². The Morgan fingerprint density at radius 2 is 1.75 bits per heavy atom. The van der Waals surface area contributed by atoms with E-state index in [-0.39, 0.29) is 5.91 Å². The predicted molar refractivity (Wildman–Crippen MR) is 106 cm³/mol. The molecule has 3 heterocycles. The maximum atomic E-state index is 12.8. The number of aromatic nitrogens is 6. The van der Waals surface area contributed by atoms with Crippen LogP contribution in [-0.4, -0.2) is 36.5 Å². The van der Waals surface area contributed by atoms with Gasteiger partial charge in [0.15, 0.2) is 0 Å². The van der Waals surface area contributed by atoms with Gasteiger partial charge in [-0.1, -0.05) is 0 Å². The molecule has 5 aromatic rings. The first kappa shape index (κ1) is 16.1. The zero-order valence-electron chi connectivity index (χ0n) is 14.9. The Balaban J connectivity index is 1.50. The van der Waals surface area contributed by atoms with Crippen molar-refractivity contribution < 1.29 is 4.79 Å². The highest BCUT2D eigenvalue weighted by Gasteiger charge is 2.14. The molecule has 0 fully saturated rings. The highest BCUT2D eigenvalue weighted by atomic mass is 16.1. The van der Waals surface area contributed by atoms with Crippen LogP contribution in [0, 0.1) is 6.92 Å². The fourth-order valence-electron chi connectivity index (χ4n) is 3.26. The molecule has 0 aliphatic heterocycles. The van der Waals surface area contributed by atoms with Gasteiger partial charge in [-0.3, -0.25) is 14.9 Å². The van der Waals surface area contributed by atoms with Crippen molar-refractivity contribution in [3.63, 3.8) is 0 Å². The Hall–Kier alpha value is -4.07. The molecule has 8 nitrogen and oxygen atoms in total. The molecule has 5 rings (SSSR count). The van der Waals surface area contributed by atoms with E-state index in [0.717, 1.165) is 33.2 Å². The Bertz CT molecular complexity index is 1320. The van der Waals surface area contributed by atoms with Gasteiger partial charge in [0.25, 0.3) is 5.91 Å². The third-order valence-corrected chi connectivity index (χ3v) is 4.68. The third kappa shape index (κ3) is 2.67. The van der Waals surface area contributed by atoms with Gasteiger partial charge < -0.3 is 5.32 Å². The monoisotopic (exact) mass is 369 g/mol. The summed E-state index contributed by atoms with van der Waals surface area (Å²) in [5, 5.41) is 22.0. The summed E-state index contributed by atoms with van der Waals surface area (Å²) in [4.78, 5) is 16.9. The lowest BCUT2D eigenvalue weighted by Crippen LogP contribution is -2.13. The number of hydrogen-bond acceptors (Lipinski definition) is 5. The Morgan fingerprint density at radius 3 is 2.57 bits per heavy atom. The number of pyridine rings is 1. The zero-order valence-corrected chi connectivity index (χ0v) is 14.9. The van der Waals surface area contributed by atoms with E-state index in [4.69, 9.17) is 0 Å². The molecule has 0 bridgehead atoms. The van der Waals surface area contributed by atoms with Crippen LogP contribution in [0.4, 0.5) is 5.69 Å². The highest BCUT2D eigenvalue weighted by molar-refractivity contribution is 6.08. The topological polar surface area (TPSA) is 112 Å². The first-order chi connectivity index (χ1) is 13.7. The van der Waals surface area contributed by atoms with Crippen molar-refractivity contribution in [1.82, 2.24) is 30.6 Å². The third-order valence-electron chi connectivity index (χ3n) is 4.68. The van der Waals surface area contributed by atoms with Crippen molar-refractivity contribution >= 4 is 33.5 Å². The van der Waals surface area contributed by atoms with Gasteiger partial charge >= 0.3 is 0 Å². The number of rotatable bonds is 3. The molecule has 3 aromatic heterocycles. The summed E-state index contributed by atoms with van der Waals surface area (Å²) in [7, 11) is 0. The van der Waals surface area contributed by atoms with Gasteiger partial charge in [0, 0.05) is 34.6 Å². The highest BCUT2D eigenvalue weighted by Crippen LogP contribution is 2.28. The van der Waals surface area contributed by atoms with Gasteiger partial charge in [-0.25, -0.2) is 0 Å². The molecule has 0 saturated heterocycles. The molecule has 0 saturated carbocycles. The van der Waals surface area contributed by atoms with Gasteiger partial charge in [0.05, 0.1) is 5.52 Å². The van der Waals surface area contributed by atoms with Crippen LogP contribution < -0.4 is 5.32 Å². The van der Waals surface area contributed by atoms with Crippen molar-refractivity contribution in [3.8, 4) is 11.3 Å². The minimum absolute atomic E-state index is 0.198. The fourth-order valence-corrected chi connectivity index (χ4v) is 3.26. The van der Waals surface area contributed by atoms with Crippen LogP contribution in [-0.2, 0) is 0 Å². The standard InChI is InChI=1S/C20H15N7O/c1-11-8-17-18(25-27-24-17)10-14(11)20(28)22-13-2-3-16-15(9-13)19(26-23-16)12-4-6-21-7-5-12/h2-10H,1H3,(H,22,28)(H,23,26)(H,24,25,27). The number of H-pyrrole nitrogens is 2. The zero-order chi connectivity index (χ0) is 19.1. The van der Waals surface area contributed by atoms with E-state index < -0.39 is 0 Å². The Morgan fingerprint density at radius 1 is 0.964 bits per heavy atom. The molecule has 3 N–H and O–H groups in total. The summed E-state index contributed by atoms with van der Waals surface area (Å²) < 4.78 is 0. The first-order valence-electron chi connectivity index (χ1n) is 8.70. The van der Waals surface area contributed by atoms with Crippen molar-refractivity contribution in [2.45, 2.75) is 6.92 Å². The summed E-state index contributed by atoms with van der Waals surface area (Å²) >= 11 is 0. The van der Waals surface area contributed by atoms with Crippen LogP contribution in [0.2, 0.25) is 0 Å². The number of aromatic amines is 2. The molecular formula is C20H15N7O. The number of benzene rings is 2. The number of aryl methyl sites for hydroxylation is 1. The molecule has 0 spiro atoms. The van der Waals surface area contributed by atoms with Crippen molar-refractivity contribution in [3.05, 3.63) is 66.0 Å². The van der Waals surface area contributed by atoms with Crippen LogP contribution in [0.25, 0.3) is 33.2 Å². The fraction of sp³-hybridized carbons (Fsp3) is 0.0500. The molecule has 0 aliphatic rings. The summed E-state index contributed by atoms with van der Waals surface area (Å²) in [5.74, 6) is -0.198. The molecule has 2 aromatic carbocycles. The van der Waals surface area contributed by atoms with E-state index in [1.807, 2.05) is 43.3 Å². The summed E-state index contributed by atoms with van der Waals surface area (Å²) in [6.07, 6.45) is 3.45. The number of carbonyl (C=O) groups excluding carboxylic acids is 1. The predicted octanol–water partition coefficient (Wildman–Crippen LogP) is 3.46. The number of hydrogen-bond donors (Lipinski definition) is 3. The van der Waals surface area contributed by atoms with Gasteiger partial charge in [0.1, 0.15) is 16.7 Å². The first-order valence-corrected chi connectivity index (χ1v) is 8.70. The van der Waals surface area contributed by atoms with Crippen molar-refractivity contribution in [1.29, 1.82) is 0 Å². The molecule has 0 unspecified atom stereocenters. The average molecular weight is 369 g/mol. The van der Waals surface area contributed by atoms with Crippen molar-refractivity contribution in [2.75, 3.05) is 5.32 Å². The number of nitrogens with zero attached hydrogens (tertiary/aromatic N) is 4. The van der Waals surface area contributed by atoms with Crippen LogP contribution in [0.3, 0.4) is 0 Å². The van der Waals surface area contributed by atoms with Gasteiger partial charge in [0.2, 0.25) is 0 Å². The van der Waals surface area contributed by atoms with Crippen molar-refractivity contribution in [2.24, 2.45) is 0 Å².